The summed E-state index contributed by atoms with van der Waals surface area (Å²) in [4.78, 5) is 14.2. The van der Waals surface area contributed by atoms with Crippen molar-refractivity contribution in [2.24, 2.45) is 7.05 Å². The van der Waals surface area contributed by atoms with Gasteiger partial charge in [-0.2, -0.15) is 0 Å². The predicted molar refractivity (Wildman–Crippen MR) is 96.7 cm³/mol. The van der Waals surface area contributed by atoms with Gasteiger partial charge in [-0.25, -0.2) is 8.42 Å². The third-order valence-electron chi connectivity index (χ3n) is 4.29. The number of likely N-dealkylation sites (tertiary alicyclic amines) is 1. The number of amides is 1. The highest BCUT2D eigenvalue weighted by atomic mass is 32.2. The maximum Gasteiger partial charge on any atom is 0.254 e. The number of hydrogen-bond acceptors (Lipinski definition) is 7. The van der Waals surface area contributed by atoms with E-state index in [-0.39, 0.29) is 24.2 Å². The van der Waals surface area contributed by atoms with Gasteiger partial charge in [0.2, 0.25) is 15.0 Å². The fraction of sp³-hybridized carbons (Fsp3) is 0.471. The van der Waals surface area contributed by atoms with E-state index in [1.165, 1.54) is 15.8 Å². The standard InChI is InChI=1S/C17H22N4O5S/c1-4-25-14-7-6-12(8-15(14)26-5-2)16(22)21-9-13(10-21)27(23,24)17-19-18-11-20(17)3/h6-8,11,13H,4-5,9-10H2,1-3H3. The van der Waals surface area contributed by atoms with Crippen LogP contribution in [0.15, 0.2) is 29.7 Å². The molecule has 2 aromatic rings. The summed E-state index contributed by atoms with van der Waals surface area (Å²) < 4.78 is 37.5. The molecule has 1 aromatic heterocycles. The van der Waals surface area contributed by atoms with Gasteiger partial charge in [-0.3, -0.25) is 4.79 Å². The molecule has 0 radical (unpaired) electrons. The van der Waals surface area contributed by atoms with Gasteiger partial charge in [-0.1, -0.05) is 0 Å². The van der Waals surface area contributed by atoms with E-state index >= 15 is 0 Å². The molecular formula is C17H22N4O5S. The second kappa shape index (κ2) is 7.55. The first kappa shape index (κ1) is 19.2. The summed E-state index contributed by atoms with van der Waals surface area (Å²) in [5, 5.41) is 6.51. The zero-order valence-electron chi connectivity index (χ0n) is 15.5. The van der Waals surface area contributed by atoms with Crippen molar-refractivity contribution in [1.82, 2.24) is 19.7 Å². The van der Waals surface area contributed by atoms with Gasteiger partial charge in [-0.15, -0.1) is 10.2 Å². The Labute approximate surface area is 157 Å². The van der Waals surface area contributed by atoms with Crippen LogP contribution in [0.4, 0.5) is 0 Å². The molecule has 3 rings (SSSR count). The molecule has 0 atom stereocenters. The van der Waals surface area contributed by atoms with Crippen molar-refractivity contribution >= 4 is 15.7 Å². The zero-order valence-corrected chi connectivity index (χ0v) is 16.3. The minimum atomic E-state index is -3.62. The van der Waals surface area contributed by atoms with Gasteiger partial charge >= 0.3 is 0 Å². The number of aromatic nitrogens is 3. The third-order valence-corrected chi connectivity index (χ3v) is 6.34. The number of benzene rings is 1. The fourth-order valence-corrected chi connectivity index (χ4v) is 4.51. The second-order valence-corrected chi connectivity index (χ2v) is 8.25. The summed E-state index contributed by atoms with van der Waals surface area (Å²) in [7, 11) is -2.05. The van der Waals surface area contributed by atoms with E-state index in [4.69, 9.17) is 9.47 Å². The third kappa shape index (κ3) is 3.61. The first-order chi connectivity index (χ1) is 12.9. The highest BCUT2D eigenvalue weighted by Gasteiger charge is 2.42. The maximum absolute atomic E-state index is 12.7. The van der Waals surface area contributed by atoms with E-state index in [0.29, 0.717) is 30.3 Å². The van der Waals surface area contributed by atoms with Crippen LogP contribution in [0.25, 0.3) is 0 Å². The van der Waals surface area contributed by atoms with Crippen molar-refractivity contribution in [1.29, 1.82) is 0 Å². The van der Waals surface area contributed by atoms with Crippen molar-refractivity contribution in [2.75, 3.05) is 26.3 Å². The molecule has 0 unspecified atom stereocenters. The number of carbonyl (C=O) groups is 1. The van der Waals surface area contributed by atoms with Gasteiger partial charge in [0.05, 0.1) is 13.2 Å². The number of aryl methyl sites for hydroxylation is 1. The molecule has 1 amide bonds. The molecule has 10 heteroatoms. The van der Waals surface area contributed by atoms with Crippen LogP contribution in [0.3, 0.4) is 0 Å². The Kier molecular flexibility index (Phi) is 5.36. The fourth-order valence-electron chi connectivity index (χ4n) is 2.85. The summed E-state index contributed by atoms with van der Waals surface area (Å²) in [6.07, 6.45) is 1.34. The highest BCUT2D eigenvalue weighted by Crippen LogP contribution is 2.30. The molecule has 27 heavy (non-hydrogen) atoms. The molecule has 0 saturated carbocycles. The van der Waals surface area contributed by atoms with Crippen LogP contribution >= 0.6 is 0 Å². The summed E-state index contributed by atoms with van der Waals surface area (Å²) in [6.45, 7) is 4.88. The summed E-state index contributed by atoms with van der Waals surface area (Å²) in [5.74, 6) is 0.819. The van der Waals surface area contributed by atoms with Crippen molar-refractivity contribution in [2.45, 2.75) is 24.3 Å². The molecule has 2 heterocycles. The smallest absolute Gasteiger partial charge is 0.254 e. The Balaban J connectivity index is 1.72. The molecule has 1 aliphatic rings. The van der Waals surface area contributed by atoms with E-state index in [1.54, 1.807) is 25.2 Å². The lowest BCUT2D eigenvalue weighted by Crippen LogP contribution is -2.57. The van der Waals surface area contributed by atoms with Crippen LogP contribution < -0.4 is 9.47 Å². The molecule has 9 nitrogen and oxygen atoms in total. The maximum atomic E-state index is 12.7. The monoisotopic (exact) mass is 394 g/mol. The number of carbonyl (C=O) groups excluding carboxylic acids is 1. The lowest BCUT2D eigenvalue weighted by Gasteiger charge is -2.38. The van der Waals surface area contributed by atoms with Gasteiger partial charge in [0.15, 0.2) is 11.5 Å². The Morgan fingerprint density at radius 3 is 2.44 bits per heavy atom. The SMILES string of the molecule is CCOc1ccc(C(=O)N2CC(S(=O)(=O)c3nncn3C)C2)cc1OCC. The molecule has 0 aliphatic carbocycles. The van der Waals surface area contributed by atoms with Crippen molar-refractivity contribution in [3.05, 3.63) is 30.1 Å². The molecule has 0 N–H and O–H groups in total. The normalized spacial score (nSPS) is 14.7. The lowest BCUT2D eigenvalue weighted by molar-refractivity contribution is 0.0658. The minimum absolute atomic E-state index is 0.0840. The zero-order chi connectivity index (χ0) is 19.6. The Morgan fingerprint density at radius 1 is 1.19 bits per heavy atom. The van der Waals surface area contributed by atoms with E-state index < -0.39 is 15.1 Å². The molecule has 0 bridgehead atoms. The van der Waals surface area contributed by atoms with Gasteiger partial charge in [0.25, 0.3) is 5.91 Å². The Hall–Kier alpha value is -2.62. The highest BCUT2D eigenvalue weighted by molar-refractivity contribution is 7.92. The average molecular weight is 394 g/mol. The van der Waals surface area contributed by atoms with Gasteiger partial charge in [0, 0.05) is 25.7 Å². The average Bonchev–Trinajstić information content (AvgIpc) is 3.02. The van der Waals surface area contributed by atoms with Gasteiger partial charge in [0.1, 0.15) is 11.6 Å². The van der Waals surface area contributed by atoms with Crippen LogP contribution in [0.1, 0.15) is 24.2 Å². The molecule has 1 aromatic carbocycles. The lowest BCUT2D eigenvalue weighted by atomic mass is 10.1. The van der Waals surface area contributed by atoms with Crippen LogP contribution in [0.5, 0.6) is 11.5 Å². The summed E-state index contributed by atoms with van der Waals surface area (Å²) in [6, 6.07) is 4.97. The number of nitrogens with zero attached hydrogens (tertiary/aromatic N) is 4. The molecule has 146 valence electrons. The summed E-state index contributed by atoms with van der Waals surface area (Å²) >= 11 is 0. The predicted octanol–water partition coefficient (Wildman–Crippen LogP) is 0.911. The van der Waals surface area contributed by atoms with Crippen LogP contribution in [0, 0.1) is 0 Å². The number of rotatable bonds is 7. The quantitative estimate of drug-likeness (QED) is 0.687. The van der Waals surface area contributed by atoms with Crippen LogP contribution in [0.2, 0.25) is 0 Å². The van der Waals surface area contributed by atoms with E-state index in [2.05, 4.69) is 10.2 Å². The van der Waals surface area contributed by atoms with Crippen LogP contribution in [-0.2, 0) is 16.9 Å². The Bertz CT molecular complexity index is 935. The number of hydrogen-bond donors (Lipinski definition) is 0. The van der Waals surface area contributed by atoms with Crippen LogP contribution in [-0.4, -0.2) is 65.5 Å². The summed E-state index contributed by atoms with van der Waals surface area (Å²) in [5.41, 5.74) is 0.427. The Morgan fingerprint density at radius 2 is 1.85 bits per heavy atom. The minimum Gasteiger partial charge on any atom is -0.490 e. The number of sulfone groups is 1. The first-order valence-electron chi connectivity index (χ1n) is 8.65. The number of ether oxygens (including phenoxy) is 2. The molecule has 1 fully saturated rings. The molecule has 1 saturated heterocycles. The van der Waals surface area contributed by atoms with Crippen molar-refractivity contribution in [3.8, 4) is 11.5 Å². The first-order valence-corrected chi connectivity index (χ1v) is 10.2. The molecular weight excluding hydrogens is 372 g/mol. The van der Waals surface area contributed by atoms with E-state index in [0.717, 1.165) is 0 Å². The molecule has 1 aliphatic heterocycles. The van der Waals surface area contributed by atoms with Gasteiger partial charge in [-0.05, 0) is 32.0 Å². The van der Waals surface area contributed by atoms with Crippen molar-refractivity contribution in [3.63, 3.8) is 0 Å². The largest absolute Gasteiger partial charge is 0.490 e. The van der Waals surface area contributed by atoms with E-state index in [9.17, 15) is 13.2 Å². The molecule has 0 spiro atoms. The van der Waals surface area contributed by atoms with Crippen molar-refractivity contribution < 1.29 is 22.7 Å². The van der Waals surface area contributed by atoms with E-state index in [1.807, 2.05) is 13.8 Å². The topological polar surface area (TPSA) is 104 Å². The van der Waals surface area contributed by atoms with Gasteiger partial charge < -0.3 is 18.9 Å². The second-order valence-electron chi connectivity index (χ2n) is 6.13.